The Hall–Kier alpha value is -1.12. The van der Waals surface area contributed by atoms with Gasteiger partial charge in [-0.2, -0.15) is 5.26 Å². The largest absolute Gasteiger partial charge is 0.464 e. The number of carbonyl (C=O) groups is 1. The Bertz CT molecular complexity index is 219. The Labute approximate surface area is 83.6 Å². The number of hydrogen-bond acceptors (Lipinski definition) is 5. The van der Waals surface area contributed by atoms with Gasteiger partial charge in [-0.15, -0.1) is 0 Å². The van der Waals surface area contributed by atoms with Gasteiger partial charge in [-0.3, -0.25) is 9.69 Å². The molecule has 0 spiro atoms. The predicted octanol–water partition coefficient (Wildman–Crippen LogP) is -0.652. The molecule has 1 saturated heterocycles. The summed E-state index contributed by atoms with van der Waals surface area (Å²) in [6.07, 6.45) is -0.151. The van der Waals surface area contributed by atoms with Gasteiger partial charge in [0.2, 0.25) is 0 Å². The third-order valence-corrected chi connectivity index (χ3v) is 2.10. The zero-order valence-corrected chi connectivity index (χ0v) is 8.16. The molecule has 0 amide bonds. The average molecular weight is 197 g/mol. The fraction of sp³-hybridized carbons (Fsp3) is 0.778. The van der Waals surface area contributed by atoms with Gasteiger partial charge in [-0.25, -0.2) is 0 Å². The molecule has 5 heteroatoms. The van der Waals surface area contributed by atoms with Crippen LogP contribution in [0, 0.1) is 11.3 Å². The quantitative estimate of drug-likeness (QED) is 0.607. The summed E-state index contributed by atoms with van der Waals surface area (Å²) in [5, 5.41) is 11.5. The maximum absolute atomic E-state index is 10.8. The van der Waals surface area contributed by atoms with Crippen molar-refractivity contribution < 1.29 is 9.53 Å². The molecule has 1 aliphatic rings. The van der Waals surface area contributed by atoms with E-state index in [0.717, 1.165) is 32.7 Å². The number of carbonyl (C=O) groups excluding carboxylic acids is 1. The molecule has 78 valence electrons. The van der Waals surface area contributed by atoms with Gasteiger partial charge < -0.3 is 10.1 Å². The second-order valence-corrected chi connectivity index (χ2v) is 3.15. The predicted molar refractivity (Wildman–Crippen MR) is 50.5 cm³/mol. The van der Waals surface area contributed by atoms with Gasteiger partial charge >= 0.3 is 5.97 Å². The summed E-state index contributed by atoms with van der Waals surface area (Å²) in [6.45, 7) is 5.13. The van der Waals surface area contributed by atoms with Crippen molar-refractivity contribution in [3.8, 4) is 6.07 Å². The van der Waals surface area contributed by atoms with Crippen molar-refractivity contribution in [1.82, 2.24) is 10.2 Å². The first kappa shape index (κ1) is 11.0. The standard InChI is InChI=1S/C9H15N3O2/c10-2-1-9(13)14-8-7-12-5-3-11-4-6-12/h11H,1,3-8H2. The van der Waals surface area contributed by atoms with Gasteiger partial charge in [0.15, 0.2) is 0 Å². The van der Waals surface area contributed by atoms with E-state index in [1.54, 1.807) is 6.07 Å². The Balaban J connectivity index is 2.03. The van der Waals surface area contributed by atoms with Crippen LogP contribution in [0.2, 0.25) is 0 Å². The smallest absolute Gasteiger partial charge is 0.320 e. The molecule has 0 aliphatic carbocycles. The Kier molecular flexibility index (Phi) is 4.97. The third-order valence-electron chi connectivity index (χ3n) is 2.10. The summed E-state index contributed by atoms with van der Waals surface area (Å²) in [5.41, 5.74) is 0. The maximum Gasteiger partial charge on any atom is 0.320 e. The van der Waals surface area contributed by atoms with E-state index >= 15 is 0 Å². The minimum absolute atomic E-state index is 0.151. The summed E-state index contributed by atoms with van der Waals surface area (Å²) < 4.78 is 4.86. The fourth-order valence-electron chi connectivity index (χ4n) is 1.34. The number of nitrogens with one attached hydrogen (secondary N) is 1. The molecule has 1 aliphatic heterocycles. The van der Waals surface area contributed by atoms with Crippen LogP contribution in [0.25, 0.3) is 0 Å². The topological polar surface area (TPSA) is 65.4 Å². The molecular formula is C9H15N3O2. The first-order chi connectivity index (χ1) is 6.83. The number of ether oxygens (including phenoxy) is 1. The Morgan fingerprint density at radius 3 is 2.86 bits per heavy atom. The van der Waals surface area contributed by atoms with Crippen LogP contribution >= 0.6 is 0 Å². The molecule has 0 aromatic rings. The lowest BCUT2D eigenvalue weighted by molar-refractivity contribution is -0.142. The van der Waals surface area contributed by atoms with Crippen molar-refractivity contribution >= 4 is 5.97 Å². The van der Waals surface area contributed by atoms with Crippen molar-refractivity contribution in [2.75, 3.05) is 39.3 Å². The van der Waals surface area contributed by atoms with Crippen molar-refractivity contribution in [3.63, 3.8) is 0 Å². The van der Waals surface area contributed by atoms with Crippen molar-refractivity contribution in [1.29, 1.82) is 5.26 Å². The highest BCUT2D eigenvalue weighted by molar-refractivity contribution is 5.71. The molecule has 14 heavy (non-hydrogen) atoms. The van der Waals surface area contributed by atoms with Gasteiger partial charge in [0, 0.05) is 32.7 Å². The third kappa shape index (κ3) is 4.21. The van der Waals surface area contributed by atoms with Crippen molar-refractivity contribution in [2.45, 2.75) is 6.42 Å². The molecule has 0 bridgehead atoms. The first-order valence-corrected chi connectivity index (χ1v) is 4.78. The molecule has 1 N–H and O–H groups in total. The van der Waals surface area contributed by atoms with Crippen LogP contribution in [0.4, 0.5) is 0 Å². The van der Waals surface area contributed by atoms with Crippen LogP contribution in [0.15, 0.2) is 0 Å². The maximum atomic E-state index is 10.8. The molecular weight excluding hydrogens is 182 g/mol. The van der Waals surface area contributed by atoms with E-state index in [2.05, 4.69) is 10.2 Å². The summed E-state index contributed by atoms with van der Waals surface area (Å²) in [6, 6.07) is 1.76. The lowest BCUT2D eigenvalue weighted by atomic mass is 10.3. The lowest BCUT2D eigenvalue weighted by Gasteiger charge is -2.26. The van der Waals surface area contributed by atoms with E-state index in [1.807, 2.05) is 0 Å². The molecule has 1 fully saturated rings. The lowest BCUT2D eigenvalue weighted by Crippen LogP contribution is -2.44. The second-order valence-electron chi connectivity index (χ2n) is 3.15. The molecule has 0 radical (unpaired) electrons. The summed E-state index contributed by atoms with van der Waals surface area (Å²) in [5.74, 6) is -0.428. The molecule has 0 unspecified atom stereocenters. The summed E-state index contributed by atoms with van der Waals surface area (Å²) in [7, 11) is 0. The number of esters is 1. The highest BCUT2D eigenvalue weighted by Crippen LogP contribution is 1.92. The highest BCUT2D eigenvalue weighted by Gasteiger charge is 2.09. The van der Waals surface area contributed by atoms with Crippen LogP contribution in [0.5, 0.6) is 0 Å². The summed E-state index contributed by atoms with van der Waals surface area (Å²) >= 11 is 0. The van der Waals surface area contributed by atoms with E-state index in [0.29, 0.717) is 6.61 Å². The average Bonchev–Trinajstić information content (AvgIpc) is 2.20. The molecule has 5 nitrogen and oxygen atoms in total. The zero-order valence-electron chi connectivity index (χ0n) is 8.16. The van der Waals surface area contributed by atoms with Crippen molar-refractivity contribution in [3.05, 3.63) is 0 Å². The minimum atomic E-state index is -0.428. The van der Waals surface area contributed by atoms with Gasteiger partial charge in [0.25, 0.3) is 0 Å². The molecule has 0 atom stereocenters. The zero-order chi connectivity index (χ0) is 10.2. The van der Waals surface area contributed by atoms with Gasteiger partial charge in [-0.1, -0.05) is 0 Å². The number of piperazine rings is 1. The van der Waals surface area contributed by atoms with Gasteiger partial charge in [0.05, 0.1) is 6.07 Å². The highest BCUT2D eigenvalue weighted by atomic mass is 16.5. The van der Waals surface area contributed by atoms with Crippen molar-refractivity contribution in [2.24, 2.45) is 0 Å². The van der Waals surface area contributed by atoms with E-state index in [9.17, 15) is 4.79 Å². The Morgan fingerprint density at radius 1 is 1.50 bits per heavy atom. The Morgan fingerprint density at radius 2 is 2.21 bits per heavy atom. The van der Waals surface area contributed by atoms with Gasteiger partial charge in [-0.05, 0) is 0 Å². The molecule has 0 aromatic heterocycles. The van der Waals surface area contributed by atoms with Crippen LogP contribution < -0.4 is 5.32 Å². The SMILES string of the molecule is N#CCC(=O)OCCN1CCNCC1. The summed E-state index contributed by atoms with van der Waals surface area (Å²) in [4.78, 5) is 13.0. The number of nitriles is 1. The van der Waals surface area contributed by atoms with Crippen LogP contribution in [0.3, 0.4) is 0 Å². The van der Waals surface area contributed by atoms with E-state index in [1.165, 1.54) is 0 Å². The second kappa shape index (κ2) is 6.35. The van der Waals surface area contributed by atoms with E-state index in [4.69, 9.17) is 10.00 Å². The van der Waals surface area contributed by atoms with Crippen LogP contribution in [0.1, 0.15) is 6.42 Å². The normalized spacial score (nSPS) is 17.4. The van der Waals surface area contributed by atoms with E-state index < -0.39 is 5.97 Å². The number of nitrogens with zero attached hydrogens (tertiary/aromatic N) is 2. The van der Waals surface area contributed by atoms with Crippen LogP contribution in [-0.4, -0.2) is 50.2 Å². The molecule has 1 heterocycles. The fourth-order valence-corrected chi connectivity index (χ4v) is 1.34. The van der Waals surface area contributed by atoms with E-state index in [-0.39, 0.29) is 6.42 Å². The molecule has 0 aromatic carbocycles. The van der Waals surface area contributed by atoms with Gasteiger partial charge in [0.1, 0.15) is 13.0 Å². The first-order valence-electron chi connectivity index (χ1n) is 4.78. The number of rotatable bonds is 4. The monoisotopic (exact) mass is 197 g/mol. The van der Waals surface area contributed by atoms with Crippen LogP contribution in [-0.2, 0) is 9.53 Å². The number of hydrogen-bond donors (Lipinski definition) is 1. The minimum Gasteiger partial charge on any atom is -0.464 e. The molecule has 1 rings (SSSR count). The molecule has 0 saturated carbocycles.